The number of hydrogen-bond acceptors (Lipinski definition) is 6. The van der Waals surface area contributed by atoms with Crippen LogP contribution in [0.3, 0.4) is 0 Å². The fourth-order valence-electron chi connectivity index (χ4n) is 5.97. The fourth-order valence-corrected chi connectivity index (χ4v) is 5.97. The minimum Gasteiger partial charge on any atom is -0.493 e. The minimum absolute atomic E-state index is 0.0278. The first-order chi connectivity index (χ1) is 21.1. The number of aromatic nitrogens is 4. The van der Waals surface area contributed by atoms with E-state index >= 15 is 0 Å². The predicted molar refractivity (Wildman–Crippen MR) is 165 cm³/mol. The average molecular weight is 575 g/mol. The summed E-state index contributed by atoms with van der Waals surface area (Å²) in [5.41, 5.74) is 7.45. The van der Waals surface area contributed by atoms with Gasteiger partial charge in [-0.05, 0) is 72.1 Å². The van der Waals surface area contributed by atoms with Crippen molar-refractivity contribution in [2.24, 2.45) is 5.92 Å². The molecule has 1 aliphatic heterocycles. The lowest BCUT2D eigenvalue weighted by molar-refractivity contribution is 0.357. The molecular formula is C35H34N4O4. The number of benzene rings is 3. The number of nitrogens with zero attached hydrogens (tertiary/aromatic N) is 3. The van der Waals surface area contributed by atoms with E-state index in [1.54, 1.807) is 0 Å². The Morgan fingerprint density at radius 2 is 1.81 bits per heavy atom. The van der Waals surface area contributed by atoms with Crippen LogP contribution >= 0.6 is 0 Å². The van der Waals surface area contributed by atoms with Gasteiger partial charge in [0.2, 0.25) is 0 Å². The zero-order valence-corrected chi connectivity index (χ0v) is 24.3. The third-order valence-corrected chi connectivity index (χ3v) is 8.47. The summed E-state index contributed by atoms with van der Waals surface area (Å²) in [5.74, 6) is 2.19. The van der Waals surface area contributed by atoms with E-state index in [0.717, 1.165) is 88.4 Å². The van der Waals surface area contributed by atoms with Gasteiger partial charge in [-0.15, -0.1) is 0 Å². The van der Waals surface area contributed by atoms with Gasteiger partial charge in [-0.3, -0.25) is 18.9 Å². The Morgan fingerprint density at radius 3 is 2.56 bits per heavy atom. The first-order valence-corrected chi connectivity index (χ1v) is 15.2. The number of H-pyrrole nitrogens is 1. The first kappa shape index (κ1) is 27.1. The summed E-state index contributed by atoms with van der Waals surface area (Å²) in [6, 6.07) is 22.1. The van der Waals surface area contributed by atoms with Gasteiger partial charge in [0.05, 0.1) is 18.0 Å². The maximum absolute atomic E-state index is 14.4. The molecule has 2 aliphatic rings. The predicted octanol–water partition coefficient (Wildman–Crippen LogP) is 6.06. The quantitative estimate of drug-likeness (QED) is 0.217. The molecule has 1 fully saturated rings. The van der Waals surface area contributed by atoms with Crippen molar-refractivity contribution in [3.05, 3.63) is 116 Å². The molecule has 1 aliphatic carbocycles. The van der Waals surface area contributed by atoms with E-state index in [0.29, 0.717) is 24.8 Å². The Bertz CT molecular complexity index is 1900. The molecule has 3 aromatic carbocycles. The van der Waals surface area contributed by atoms with Crippen LogP contribution < -0.4 is 16.1 Å². The summed E-state index contributed by atoms with van der Waals surface area (Å²) < 4.78 is 12.3. The molecule has 8 heteroatoms. The molecule has 8 nitrogen and oxygen atoms in total. The number of hydrogen-bond donors (Lipinski definition) is 1. The van der Waals surface area contributed by atoms with Crippen LogP contribution in [0.25, 0.3) is 28.2 Å². The molecule has 0 spiro atoms. The highest BCUT2D eigenvalue weighted by molar-refractivity contribution is 5.80. The molecule has 7 rings (SSSR count). The molecule has 0 radical (unpaired) electrons. The van der Waals surface area contributed by atoms with E-state index in [1.807, 2.05) is 53.1 Å². The normalized spacial score (nSPS) is 14.1. The molecule has 0 saturated heterocycles. The molecule has 0 unspecified atom stereocenters. The molecule has 5 aromatic rings. The van der Waals surface area contributed by atoms with Crippen LogP contribution in [0.4, 0.5) is 0 Å². The Labute approximate surface area is 249 Å². The van der Waals surface area contributed by atoms with E-state index in [1.165, 1.54) is 12.8 Å². The molecule has 3 heterocycles. The molecule has 0 bridgehead atoms. The number of aryl methyl sites for hydroxylation is 1. The average Bonchev–Trinajstić information content (AvgIpc) is 3.53. The van der Waals surface area contributed by atoms with Gasteiger partial charge in [0.1, 0.15) is 11.6 Å². The van der Waals surface area contributed by atoms with Crippen LogP contribution in [-0.4, -0.2) is 26.3 Å². The van der Waals surface area contributed by atoms with Gasteiger partial charge >= 0.3 is 5.76 Å². The Hall–Kier alpha value is -4.72. The molecule has 0 amide bonds. The van der Waals surface area contributed by atoms with Crippen molar-refractivity contribution in [1.29, 1.82) is 0 Å². The highest BCUT2D eigenvalue weighted by Gasteiger charge is 2.27. The molecule has 1 saturated carbocycles. The van der Waals surface area contributed by atoms with Crippen LogP contribution in [0.5, 0.6) is 5.75 Å². The van der Waals surface area contributed by atoms with Gasteiger partial charge in [-0.2, -0.15) is 0 Å². The number of unbranched alkanes of at least 4 members (excludes halogenated alkanes) is 1. The lowest BCUT2D eigenvalue weighted by Crippen LogP contribution is -2.30. The lowest BCUT2D eigenvalue weighted by Gasteiger charge is -2.18. The van der Waals surface area contributed by atoms with Crippen LogP contribution in [-0.2, 0) is 25.7 Å². The molecule has 0 atom stereocenters. The number of aromatic amines is 1. The molecule has 1 N–H and O–H groups in total. The largest absolute Gasteiger partial charge is 0.493 e. The Morgan fingerprint density at radius 1 is 1.00 bits per heavy atom. The highest BCUT2D eigenvalue weighted by Crippen LogP contribution is 2.34. The second-order valence-corrected chi connectivity index (χ2v) is 11.6. The Kier molecular flexibility index (Phi) is 7.27. The van der Waals surface area contributed by atoms with Crippen molar-refractivity contribution in [2.75, 3.05) is 6.61 Å². The second-order valence-electron chi connectivity index (χ2n) is 11.6. The van der Waals surface area contributed by atoms with Crippen molar-refractivity contribution in [2.45, 2.75) is 58.3 Å². The molecule has 43 heavy (non-hydrogen) atoms. The van der Waals surface area contributed by atoms with E-state index < -0.39 is 5.76 Å². The van der Waals surface area contributed by atoms with Crippen molar-refractivity contribution in [3.8, 4) is 34.0 Å². The maximum atomic E-state index is 14.4. The van der Waals surface area contributed by atoms with Crippen LogP contribution in [0, 0.1) is 5.92 Å². The number of fused-ring (bicyclic) bond motifs is 1. The van der Waals surface area contributed by atoms with E-state index in [2.05, 4.69) is 35.3 Å². The van der Waals surface area contributed by atoms with E-state index in [9.17, 15) is 9.59 Å². The topological polar surface area (TPSA) is 103 Å². The maximum Gasteiger partial charge on any atom is 0.439 e. The van der Waals surface area contributed by atoms with E-state index in [4.69, 9.17) is 14.2 Å². The summed E-state index contributed by atoms with van der Waals surface area (Å²) >= 11 is 0. The molecule has 218 valence electrons. The van der Waals surface area contributed by atoms with Crippen molar-refractivity contribution in [3.63, 3.8) is 0 Å². The van der Waals surface area contributed by atoms with Gasteiger partial charge in [0.25, 0.3) is 5.56 Å². The van der Waals surface area contributed by atoms with Gasteiger partial charge in [0, 0.05) is 30.4 Å². The van der Waals surface area contributed by atoms with E-state index in [-0.39, 0.29) is 5.56 Å². The number of ether oxygens (including phenoxy) is 1. The summed E-state index contributed by atoms with van der Waals surface area (Å²) in [6.45, 7) is 2.85. The van der Waals surface area contributed by atoms with Gasteiger partial charge in [-0.1, -0.05) is 67.0 Å². The van der Waals surface area contributed by atoms with Gasteiger partial charge in [0.15, 0.2) is 5.82 Å². The molecule has 2 aromatic heterocycles. The highest BCUT2D eigenvalue weighted by atomic mass is 16.5. The van der Waals surface area contributed by atoms with Gasteiger partial charge in [-0.25, -0.2) is 9.78 Å². The lowest BCUT2D eigenvalue weighted by atomic mass is 9.96. The summed E-state index contributed by atoms with van der Waals surface area (Å²) in [7, 11) is 0. The zero-order chi connectivity index (χ0) is 29.3. The summed E-state index contributed by atoms with van der Waals surface area (Å²) in [4.78, 5) is 33.8. The van der Waals surface area contributed by atoms with Gasteiger partial charge < -0.3 is 4.74 Å². The first-order valence-electron chi connectivity index (χ1n) is 15.2. The SMILES string of the molecule is CCCCc1nc(CC2CC2)n(-c2ccc3c(c2)CCO3)c(=O)c1Cc1ccc(-c2ccccc2-c2noc(=O)[nH]2)cc1. The molecular weight excluding hydrogens is 540 g/mol. The number of nitrogens with one attached hydrogen (secondary N) is 1. The standard InChI is InChI=1S/C35H34N4O4/c1-2-3-8-30-29(19-22-11-13-24(14-12-22)27-6-4-5-7-28(27)33-37-35(41)43-38-33)34(40)39(32(36-30)20-23-9-10-23)26-15-16-31-25(21-26)17-18-42-31/h4-7,11-16,21,23H,2-3,8-10,17-20H2,1H3,(H,37,38,41). The smallest absolute Gasteiger partial charge is 0.439 e. The second kappa shape index (κ2) is 11.5. The fraction of sp³-hybridized carbons (Fsp3) is 0.314. The minimum atomic E-state index is -0.588. The van der Waals surface area contributed by atoms with Crippen LogP contribution in [0.1, 0.15) is 60.8 Å². The van der Waals surface area contributed by atoms with Crippen molar-refractivity contribution < 1.29 is 9.26 Å². The van der Waals surface area contributed by atoms with Crippen molar-refractivity contribution in [1.82, 2.24) is 19.7 Å². The summed E-state index contributed by atoms with van der Waals surface area (Å²) in [5, 5.41) is 3.88. The summed E-state index contributed by atoms with van der Waals surface area (Å²) in [6.07, 6.45) is 7.39. The Balaban J connectivity index is 1.27. The third-order valence-electron chi connectivity index (χ3n) is 8.47. The van der Waals surface area contributed by atoms with Crippen molar-refractivity contribution >= 4 is 0 Å². The monoisotopic (exact) mass is 574 g/mol. The zero-order valence-electron chi connectivity index (χ0n) is 24.3. The van der Waals surface area contributed by atoms with Crippen LogP contribution in [0.15, 0.2) is 80.8 Å². The third kappa shape index (κ3) is 5.57. The number of rotatable bonds is 10. The van der Waals surface area contributed by atoms with Crippen LogP contribution in [0.2, 0.25) is 0 Å².